The van der Waals surface area contributed by atoms with E-state index in [1.807, 2.05) is 6.92 Å². The van der Waals surface area contributed by atoms with Gasteiger partial charge in [-0.1, -0.05) is 142 Å². The van der Waals surface area contributed by atoms with E-state index < -0.39 is 23.3 Å². The molecule has 0 fully saturated rings. The summed E-state index contributed by atoms with van der Waals surface area (Å²) in [7, 11) is 0. The zero-order valence-corrected chi connectivity index (χ0v) is 29.1. The summed E-state index contributed by atoms with van der Waals surface area (Å²) < 4.78 is 0. The van der Waals surface area contributed by atoms with E-state index in [2.05, 4.69) is 6.92 Å². The fourth-order valence-electron chi connectivity index (χ4n) is 4.75. The van der Waals surface area contributed by atoms with E-state index in [0.717, 1.165) is 25.7 Å². The second kappa shape index (κ2) is 38.5. The largest absolute Gasteiger partial charge is 0.481 e. The predicted molar refractivity (Wildman–Crippen MR) is 183 cm³/mol. The molecule has 0 amide bonds. The molecule has 0 aromatic carbocycles. The van der Waals surface area contributed by atoms with Gasteiger partial charge >= 0.3 is 17.9 Å². The van der Waals surface area contributed by atoms with Crippen molar-refractivity contribution in [3.8, 4) is 0 Å². The van der Waals surface area contributed by atoms with Gasteiger partial charge in [0, 0.05) is 24.7 Å². The number of hydrogen-bond donors (Lipinski definition) is 6. The van der Waals surface area contributed by atoms with E-state index >= 15 is 0 Å². The van der Waals surface area contributed by atoms with E-state index in [1.165, 1.54) is 109 Å². The van der Waals surface area contributed by atoms with Crippen LogP contribution in [-0.2, 0) is 14.4 Å². The van der Waals surface area contributed by atoms with Crippen molar-refractivity contribution in [1.29, 1.82) is 0 Å². The molecule has 0 unspecified atom stereocenters. The number of carbonyl (C=O) groups is 3. The molecular weight excluding hydrogens is 576 g/mol. The maximum Gasteiger partial charge on any atom is 0.303 e. The van der Waals surface area contributed by atoms with Crippen molar-refractivity contribution in [1.82, 2.24) is 0 Å². The zero-order valence-electron chi connectivity index (χ0n) is 29.1. The number of aliphatic carboxylic acids is 3. The summed E-state index contributed by atoms with van der Waals surface area (Å²) in [6.07, 6.45) is 30.0. The fourth-order valence-corrected chi connectivity index (χ4v) is 4.75. The number of rotatable bonds is 31. The summed E-state index contributed by atoms with van der Waals surface area (Å²) in [5.41, 5.74) is -0.667. The number of carboxylic acids is 3. The predicted octanol–water partition coefficient (Wildman–Crippen LogP) is 8.75. The second-order valence-corrected chi connectivity index (χ2v) is 12.5. The first-order chi connectivity index (χ1) is 21.6. The van der Waals surface area contributed by atoms with Gasteiger partial charge in [-0.05, 0) is 25.7 Å². The third-order valence-corrected chi connectivity index (χ3v) is 8.28. The van der Waals surface area contributed by atoms with E-state index in [4.69, 9.17) is 30.6 Å². The van der Waals surface area contributed by atoms with Crippen LogP contribution in [0.3, 0.4) is 0 Å². The number of aliphatic hydroxyl groups excluding tert-OH is 3. The molecule has 9 heteroatoms. The number of hydrogen-bond acceptors (Lipinski definition) is 6. The zero-order chi connectivity index (χ0) is 34.4. The number of carboxylic acid groups (broad SMARTS) is 3. The van der Waals surface area contributed by atoms with Crippen LogP contribution in [0.15, 0.2) is 0 Å². The van der Waals surface area contributed by atoms with Crippen molar-refractivity contribution in [2.45, 2.75) is 187 Å². The highest BCUT2D eigenvalue weighted by molar-refractivity contribution is 5.67. The molecule has 0 saturated carbocycles. The summed E-state index contributed by atoms with van der Waals surface area (Å²) in [5, 5.41) is 51.1. The van der Waals surface area contributed by atoms with Crippen LogP contribution in [0, 0.1) is 5.41 Å². The normalized spacial score (nSPS) is 10.9. The Bertz CT molecular complexity index is 601. The minimum atomic E-state index is -0.784. The Morgan fingerprint density at radius 3 is 0.711 bits per heavy atom. The van der Waals surface area contributed by atoms with E-state index in [9.17, 15) is 14.4 Å². The van der Waals surface area contributed by atoms with Gasteiger partial charge in [0.05, 0.1) is 19.8 Å². The molecule has 270 valence electrons. The van der Waals surface area contributed by atoms with Crippen molar-refractivity contribution in [3.63, 3.8) is 0 Å². The molecule has 0 aliphatic carbocycles. The lowest BCUT2D eigenvalue weighted by atomic mass is 9.88. The Morgan fingerprint density at radius 2 is 0.578 bits per heavy atom. The highest BCUT2D eigenvalue weighted by Gasteiger charge is 2.24. The standard InChI is InChI=1S/C22H44O2.C8H14O4.C6H14O3/c1-2-3-4-5-6-7-8-9-10-11-12-13-14-15-16-17-18-19-20-21-22(23)24;9-7(10)5-3-1-2-4-6-8(11)12;1-2-6(3-7,4-8)5-9/h2-21H2,1H3,(H,23,24);1-6H2,(H,9,10)(H,11,12);7-9H,2-5H2,1H3. The molecule has 45 heavy (non-hydrogen) atoms. The van der Waals surface area contributed by atoms with Crippen LogP contribution in [0.5, 0.6) is 0 Å². The molecule has 0 radical (unpaired) electrons. The maximum atomic E-state index is 10.4. The lowest BCUT2D eigenvalue weighted by molar-refractivity contribution is -0.138. The first-order valence-corrected chi connectivity index (χ1v) is 18.1. The van der Waals surface area contributed by atoms with E-state index in [0.29, 0.717) is 25.7 Å². The van der Waals surface area contributed by atoms with Crippen LogP contribution >= 0.6 is 0 Å². The average molecular weight is 649 g/mol. The Hall–Kier alpha value is -1.71. The minimum absolute atomic E-state index is 0.156. The van der Waals surface area contributed by atoms with Crippen LogP contribution < -0.4 is 0 Å². The van der Waals surface area contributed by atoms with E-state index in [1.54, 1.807) is 0 Å². The summed E-state index contributed by atoms with van der Waals surface area (Å²) in [4.78, 5) is 30.5. The van der Waals surface area contributed by atoms with Gasteiger partial charge in [-0.3, -0.25) is 14.4 Å². The minimum Gasteiger partial charge on any atom is -0.481 e. The van der Waals surface area contributed by atoms with Crippen molar-refractivity contribution in [2.24, 2.45) is 5.41 Å². The lowest BCUT2D eigenvalue weighted by Gasteiger charge is -2.24. The molecule has 9 nitrogen and oxygen atoms in total. The van der Waals surface area contributed by atoms with Gasteiger partial charge < -0.3 is 30.6 Å². The van der Waals surface area contributed by atoms with Gasteiger partial charge in [-0.2, -0.15) is 0 Å². The van der Waals surface area contributed by atoms with Gasteiger partial charge in [-0.15, -0.1) is 0 Å². The third kappa shape index (κ3) is 42.3. The molecule has 0 saturated heterocycles. The molecule has 0 heterocycles. The van der Waals surface area contributed by atoms with Gasteiger partial charge in [0.15, 0.2) is 0 Å². The molecular formula is C36H72O9. The van der Waals surface area contributed by atoms with Crippen LogP contribution in [0.25, 0.3) is 0 Å². The Labute approximate surface area is 275 Å². The molecule has 0 aliphatic rings. The molecule has 0 aromatic rings. The highest BCUT2D eigenvalue weighted by atomic mass is 16.4. The number of aliphatic hydroxyl groups is 3. The molecule has 0 aliphatic heterocycles. The fraction of sp³-hybridized carbons (Fsp3) is 0.917. The van der Waals surface area contributed by atoms with Gasteiger partial charge in [0.2, 0.25) is 0 Å². The molecule has 0 aromatic heterocycles. The van der Waals surface area contributed by atoms with Crippen LogP contribution in [0.2, 0.25) is 0 Å². The molecule has 0 atom stereocenters. The SMILES string of the molecule is CCC(CO)(CO)CO.CCCCCCCCCCCCCCCCCCCCCC(=O)O.O=C(O)CCCCCCC(=O)O. The van der Waals surface area contributed by atoms with Gasteiger partial charge in [-0.25, -0.2) is 0 Å². The first kappa shape index (κ1) is 47.7. The maximum absolute atomic E-state index is 10.4. The topological polar surface area (TPSA) is 173 Å². The van der Waals surface area contributed by atoms with Crippen molar-refractivity contribution in [3.05, 3.63) is 0 Å². The molecule has 0 rings (SSSR count). The first-order valence-electron chi connectivity index (χ1n) is 18.1. The van der Waals surface area contributed by atoms with Crippen molar-refractivity contribution >= 4 is 17.9 Å². The second-order valence-electron chi connectivity index (χ2n) is 12.5. The Balaban J connectivity index is -0.000000693. The summed E-state index contributed by atoms with van der Waals surface area (Å²) >= 11 is 0. The quantitative estimate of drug-likeness (QED) is 0.0402. The lowest BCUT2D eigenvalue weighted by Crippen LogP contribution is -2.32. The smallest absolute Gasteiger partial charge is 0.303 e. The molecule has 0 bridgehead atoms. The highest BCUT2D eigenvalue weighted by Crippen LogP contribution is 2.18. The third-order valence-electron chi connectivity index (χ3n) is 8.28. The Kier molecular flexibility index (Phi) is 40.8. The van der Waals surface area contributed by atoms with E-state index in [-0.39, 0.29) is 32.7 Å². The molecule has 0 spiro atoms. The summed E-state index contributed by atoms with van der Waals surface area (Å²) in [6.45, 7) is 3.64. The molecule has 6 N–H and O–H groups in total. The van der Waals surface area contributed by atoms with Crippen LogP contribution in [-0.4, -0.2) is 68.4 Å². The van der Waals surface area contributed by atoms with Crippen molar-refractivity contribution < 1.29 is 45.0 Å². The summed E-state index contributed by atoms with van der Waals surface area (Å²) in [6, 6.07) is 0. The van der Waals surface area contributed by atoms with Crippen LogP contribution in [0.1, 0.15) is 187 Å². The van der Waals surface area contributed by atoms with Gasteiger partial charge in [0.1, 0.15) is 0 Å². The average Bonchev–Trinajstić information content (AvgIpc) is 3.02. The van der Waals surface area contributed by atoms with Crippen molar-refractivity contribution in [2.75, 3.05) is 19.8 Å². The van der Waals surface area contributed by atoms with Crippen LogP contribution in [0.4, 0.5) is 0 Å². The number of unbranched alkanes of at least 4 members (excludes halogenated alkanes) is 21. The monoisotopic (exact) mass is 649 g/mol. The Morgan fingerprint density at radius 1 is 0.378 bits per heavy atom. The van der Waals surface area contributed by atoms with Gasteiger partial charge in [0.25, 0.3) is 0 Å². The summed E-state index contributed by atoms with van der Waals surface area (Å²) in [5.74, 6) is -2.22.